The van der Waals surface area contributed by atoms with Crippen LogP contribution in [0.2, 0.25) is 0 Å². The molecule has 0 saturated carbocycles. The van der Waals surface area contributed by atoms with Gasteiger partial charge in [0.25, 0.3) is 5.91 Å². The summed E-state index contributed by atoms with van der Waals surface area (Å²) in [7, 11) is 0. The fourth-order valence-corrected chi connectivity index (χ4v) is 2.63. The molecule has 0 bridgehead atoms. The van der Waals surface area contributed by atoms with E-state index in [0.29, 0.717) is 18.5 Å². The van der Waals surface area contributed by atoms with Crippen molar-refractivity contribution < 1.29 is 9.59 Å². The molecule has 2 N–H and O–H groups in total. The average molecular weight is 311 g/mol. The van der Waals surface area contributed by atoms with Gasteiger partial charge in [-0.05, 0) is 43.5 Å². The second kappa shape index (κ2) is 5.52. The molecular weight excluding hydrogens is 296 g/mol. The molecule has 0 radical (unpaired) electrons. The van der Waals surface area contributed by atoms with Crippen LogP contribution in [-0.4, -0.2) is 24.4 Å². The Morgan fingerprint density at radius 3 is 2.89 bits per heavy atom. The van der Waals surface area contributed by atoms with Crippen LogP contribution in [0.3, 0.4) is 0 Å². The number of halogens is 1. The maximum absolute atomic E-state index is 12.1. The first kappa shape index (κ1) is 13.1. The van der Waals surface area contributed by atoms with Crippen molar-refractivity contribution in [3.8, 4) is 0 Å². The standard InChI is InChI=1S/C13H15BrN2O2/c1-8-5-9(7-10(14)6-8)12(17)16-11-3-2-4-15-13(11)18/h5-7,11H,2-4H2,1H3,(H,15,18)(H,16,17). The lowest BCUT2D eigenvalue weighted by Gasteiger charge is -2.22. The quantitative estimate of drug-likeness (QED) is 0.874. The molecule has 1 aromatic carbocycles. The minimum Gasteiger partial charge on any atom is -0.354 e. The molecule has 1 heterocycles. The van der Waals surface area contributed by atoms with Crippen LogP contribution >= 0.6 is 15.9 Å². The van der Waals surface area contributed by atoms with E-state index in [1.165, 1.54) is 0 Å². The Labute approximate surface area is 114 Å². The average Bonchev–Trinajstić information content (AvgIpc) is 2.31. The van der Waals surface area contributed by atoms with Gasteiger partial charge in [-0.1, -0.05) is 15.9 Å². The van der Waals surface area contributed by atoms with Crippen molar-refractivity contribution in [2.45, 2.75) is 25.8 Å². The molecule has 4 nitrogen and oxygen atoms in total. The van der Waals surface area contributed by atoms with Crippen LogP contribution in [0.4, 0.5) is 0 Å². The largest absolute Gasteiger partial charge is 0.354 e. The predicted octanol–water partition coefficient (Wildman–Crippen LogP) is 1.77. The number of nitrogens with one attached hydrogen (secondary N) is 2. The topological polar surface area (TPSA) is 58.2 Å². The number of rotatable bonds is 2. The zero-order valence-electron chi connectivity index (χ0n) is 10.1. The van der Waals surface area contributed by atoms with E-state index in [1.807, 2.05) is 13.0 Å². The van der Waals surface area contributed by atoms with Crippen molar-refractivity contribution in [3.05, 3.63) is 33.8 Å². The van der Waals surface area contributed by atoms with Gasteiger partial charge < -0.3 is 10.6 Å². The van der Waals surface area contributed by atoms with Gasteiger partial charge in [-0.2, -0.15) is 0 Å². The monoisotopic (exact) mass is 310 g/mol. The van der Waals surface area contributed by atoms with Gasteiger partial charge in [-0.25, -0.2) is 0 Å². The molecule has 1 aromatic rings. The minimum absolute atomic E-state index is 0.0960. The van der Waals surface area contributed by atoms with Crippen LogP contribution in [0.1, 0.15) is 28.8 Å². The van der Waals surface area contributed by atoms with E-state index in [1.54, 1.807) is 12.1 Å². The van der Waals surface area contributed by atoms with Crippen molar-refractivity contribution in [2.75, 3.05) is 6.54 Å². The third-order valence-electron chi connectivity index (χ3n) is 2.89. The molecule has 1 unspecified atom stereocenters. The van der Waals surface area contributed by atoms with Gasteiger partial charge in [-0.3, -0.25) is 9.59 Å². The van der Waals surface area contributed by atoms with Gasteiger partial charge in [0.05, 0.1) is 0 Å². The normalized spacial score (nSPS) is 19.2. The molecule has 0 aromatic heterocycles. The van der Waals surface area contributed by atoms with Gasteiger partial charge in [0, 0.05) is 16.6 Å². The van der Waals surface area contributed by atoms with E-state index < -0.39 is 6.04 Å². The Morgan fingerprint density at radius 1 is 1.44 bits per heavy atom. The summed E-state index contributed by atoms with van der Waals surface area (Å²) in [6, 6.07) is 5.08. The number of carbonyl (C=O) groups is 2. The Balaban J connectivity index is 2.09. The van der Waals surface area contributed by atoms with Crippen LogP contribution in [0.5, 0.6) is 0 Å². The molecule has 18 heavy (non-hydrogen) atoms. The highest BCUT2D eigenvalue weighted by Crippen LogP contribution is 2.15. The summed E-state index contributed by atoms with van der Waals surface area (Å²) in [5.41, 5.74) is 1.57. The molecule has 1 aliphatic rings. The van der Waals surface area contributed by atoms with Crippen molar-refractivity contribution in [2.24, 2.45) is 0 Å². The summed E-state index contributed by atoms with van der Waals surface area (Å²) < 4.78 is 0.862. The Morgan fingerprint density at radius 2 is 2.22 bits per heavy atom. The Bertz CT molecular complexity index is 468. The molecule has 1 saturated heterocycles. The fourth-order valence-electron chi connectivity index (χ4n) is 2.02. The predicted molar refractivity (Wildman–Crippen MR) is 72.4 cm³/mol. The first-order chi connectivity index (χ1) is 8.56. The smallest absolute Gasteiger partial charge is 0.251 e. The number of amides is 2. The molecule has 1 atom stereocenters. The highest BCUT2D eigenvalue weighted by molar-refractivity contribution is 9.10. The molecule has 2 rings (SSSR count). The highest BCUT2D eigenvalue weighted by Gasteiger charge is 2.24. The molecule has 1 fully saturated rings. The van der Waals surface area contributed by atoms with Gasteiger partial charge >= 0.3 is 0 Å². The Hall–Kier alpha value is -1.36. The number of hydrogen-bond acceptors (Lipinski definition) is 2. The van der Waals surface area contributed by atoms with Crippen LogP contribution < -0.4 is 10.6 Å². The molecule has 0 aliphatic carbocycles. The van der Waals surface area contributed by atoms with Gasteiger partial charge in [0.15, 0.2) is 0 Å². The lowest BCUT2D eigenvalue weighted by molar-refractivity contribution is -0.124. The number of aryl methyl sites for hydroxylation is 1. The number of carbonyl (C=O) groups excluding carboxylic acids is 2. The van der Waals surface area contributed by atoms with E-state index in [9.17, 15) is 9.59 Å². The van der Waals surface area contributed by atoms with Crippen molar-refractivity contribution >= 4 is 27.7 Å². The lowest BCUT2D eigenvalue weighted by atomic mass is 10.1. The maximum atomic E-state index is 12.1. The van der Waals surface area contributed by atoms with Gasteiger partial charge in [0.1, 0.15) is 6.04 Å². The summed E-state index contributed by atoms with van der Waals surface area (Å²) >= 11 is 3.36. The first-order valence-corrected chi connectivity index (χ1v) is 6.71. The zero-order chi connectivity index (χ0) is 13.1. The molecule has 5 heteroatoms. The van der Waals surface area contributed by atoms with Crippen LogP contribution in [0.15, 0.2) is 22.7 Å². The molecule has 2 amide bonds. The van der Waals surface area contributed by atoms with Gasteiger partial charge in [-0.15, -0.1) is 0 Å². The first-order valence-electron chi connectivity index (χ1n) is 5.92. The summed E-state index contributed by atoms with van der Waals surface area (Å²) in [6.07, 6.45) is 1.60. The van der Waals surface area contributed by atoms with Gasteiger partial charge in [0.2, 0.25) is 5.91 Å². The lowest BCUT2D eigenvalue weighted by Crippen LogP contribution is -2.50. The van der Waals surface area contributed by atoms with E-state index in [0.717, 1.165) is 16.5 Å². The molecule has 96 valence electrons. The van der Waals surface area contributed by atoms with Crippen LogP contribution in [0.25, 0.3) is 0 Å². The van der Waals surface area contributed by atoms with Crippen molar-refractivity contribution in [1.82, 2.24) is 10.6 Å². The third kappa shape index (κ3) is 3.10. The number of piperidine rings is 1. The second-order valence-electron chi connectivity index (χ2n) is 4.48. The number of benzene rings is 1. The molecule has 1 aliphatic heterocycles. The second-order valence-corrected chi connectivity index (χ2v) is 5.39. The third-order valence-corrected chi connectivity index (χ3v) is 3.35. The maximum Gasteiger partial charge on any atom is 0.251 e. The SMILES string of the molecule is Cc1cc(Br)cc(C(=O)NC2CCCNC2=O)c1. The molecule has 0 spiro atoms. The van der Waals surface area contributed by atoms with Crippen molar-refractivity contribution in [1.29, 1.82) is 0 Å². The van der Waals surface area contributed by atoms with Crippen molar-refractivity contribution in [3.63, 3.8) is 0 Å². The summed E-state index contributed by atoms with van der Waals surface area (Å²) in [5.74, 6) is -0.303. The van der Waals surface area contributed by atoms with E-state index >= 15 is 0 Å². The number of hydrogen-bond donors (Lipinski definition) is 2. The van der Waals surface area contributed by atoms with E-state index in [2.05, 4.69) is 26.6 Å². The van der Waals surface area contributed by atoms with E-state index in [4.69, 9.17) is 0 Å². The molecular formula is C13H15BrN2O2. The van der Waals surface area contributed by atoms with Crippen LogP contribution in [-0.2, 0) is 4.79 Å². The summed E-state index contributed by atoms with van der Waals surface area (Å²) in [5, 5.41) is 5.52. The van der Waals surface area contributed by atoms with Crippen LogP contribution in [0, 0.1) is 6.92 Å². The highest BCUT2D eigenvalue weighted by atomic mass is 79.9. The zero-order valence-corrected chi connectivity index (χ0v) is 11.7. The fraction of sp³-hybridized carbons (Fsp3) is 0.385. The van der Waals surface area contributed by atoms with E-state index in [-0.39, 0.29) is 11.8 Å². The summed E-state index contributed by atoms with van der Waals surface area (Å²) in [4.78, 5) is 23.6. The minimum atomic E-state index is -0.412. The summed E-state index contributed by atoms with van der Waals surface area (Å²) in [6.45, 7) is 2.62. The Kier molecular flexibility index (Phi) is 4.01.